The van der Waals surface area contributed by atoms with Crippen molar-refractivity contribution in [3.63, 3.8) is 0 Å². The smallest absolute Gasteiger partial charge is 0.292 e. The lowest BCUT2D eigenvalue weighted by Crippen LogP contribution is -2.13. The van der Waals surface area contributed by atoms with Crippen molar-refractivity contribution in [2.75, 3.05) is 5.32 Å². The predicted octanol–water partition coefficient (Wildman–Crippen LogP) is 4.70. The first kappa shape index (κ1) is 15.4. The summed E-state index contributed by atoms with van der Waals surface area (Å²) in [5.41, 5.74) is 2.53. The van der Waals surface area contributed by atoms with Crippen molar-refractivity contribution in [1.82, 2.24) is 10.3 Å². The molecule has 0 saturated heterocycles. The zero-order chi connectivity index (χ0) is 17.4. The van der Waals surface area contributed by atoms with E-state index < -0.39 is 5.91 Å². The molecule has 0 fully saturated rings. The van der Waals surface area contributed by atoms with E-state index in [4.69, 9.17) is 20.6 Å². The number of benzene rings is 2. The van der Waals surface area contributed by atoms with Crippen LogP contribution >= 0.6 is 11.6 Å². The van der Waals surface area contributed by atoms with Gasteiger partial charge in [-0.2, -0.15) is 0 Å². The monoisotopic (exact) mass is 353 g/mol. The highest BCUT2D eigenvalue weighted by Crippen LogP contribution is 2.29. The van der Waals surface area contributed by atoms with Crippen LogP contribution in [0.25, 0.3) is 22.2 Å². The Labute approximate surface area is 147 Å². The molecule has 0 aliphatic carbocycles. The molecule has 25 heavy (non-hydrogen) atoms. The number of rotatable bonds is 3. The molecule has 2 aromatic heterocycles. The quantitative estimate of drug-likeness (QED) is 0.577. The minimum atomic E-state index is -0.433. The van der Waals surface area contributed by atoms with Crippen LogP contribution in [0.5, 0.6) is 0 Å². The van der Waals surface area contributed by atoms with Gasteiger partial charge in [0.1, 0.15) is 5.58 Å². The van der Waals surface area contributed by atoms with Crippen LogP contribution in [0.4, 0.5) is 5.82 Å². The van der Waals surface area contributed by atoms with Gasteiger partial charge in [0, 0.05) is 21.5 Å². The van der Waals surface area contributed by atoms with Gasteiger partial charge < -0.3 is 4.42 Å². The van der Waals surface area contributed by atoms with E-state index in [0.29, 0.717) is 21.9 Å². The topological polar surface area (TPSA) is 81.2 Å². The van der Waals surface area contributed by atoms with Crippen LogP contribution in [0, 0.1) is 6.92 Å². The molecule has 0 atom stereocenters. The molecule has 0 radical (unpaired) electrons. The minimum Gasteiger partial charge on any atom is -0.451 e. The number of hydrogen-bond donors (Lipinski definition) is 1. The Morgan fingerprint density at radius 3 is 2.72 bits per heavy atom. The second-order valence-electron chi connectivity index (χ2n) is 5.48. The summed E-state index contributed by atoms with van der Waals surface area (Å²) in [5, 5.41) is 11.7. The van der Waals surface area contributed by atoms with E-state index in [1.165, 1.54) is 0 Å². The molecule has 4 rings (SSSR count). The molecule has 1 amide bonds. The number of hydrogen-bond acceptors (Lipinski definition) is 5. The number of aromatic nitrogens is 2. The Morgan fingerprint density at radius 2 is 1.92 bits per heavy atom. The molecule has 0 aliphatic heterocycles. The molecule has 0 aliphatic rings. The zero-order valence-electron chi connectivity index (χ0n) is 13.1. The van der Waals surface area contributed by atoms with Crippen LogP contribution in [0.15, 0.2) is 57.6 Å². The lowest BCUT2D eigenvalue weighted by atomic mass is 10.1. The lowest BCUT2D eigenvalue weighted by molar-refractivity contribution is 0.0997. The summed E-state index contributed by atoms with van der Waals surface area (Å²) < 4.78 is 10.4. The van der Waals surface area contributed by atoms with Gasteiger partial charge in [-0.05, 0) is 35.4 Å². The predicted molar refractivity (Wildman–Crippen MR) is 93.6 cm³/mol. The molecule has 2 heterocycles. The van der Waals surface area contributed by atoms with Gasteiger partial charge in [-0.3, -0.25) is 10.1 Å². The standard InChI is InChI=1S/C18H12ClN3O3/c1-10-13-9-12(19)7-8-14(13)24-16(10)18(23)20-17-15(21-25-22-17)11-5-3-2-4-6-11/h2-9H,1H3,(H,20,22,23). The first-order valence-corrected chi connectivity index (χ1v) is 7.89. The van der Waals surface area contributed by atoms with Crippen molar-refractivity contribution in [2.24, 2.45) is 0 Å². The first-order chi connectivity index (χ1) is 12.1. The zero-order valence-corrected chi connectivity index (χ0v) is 13.9. The maximum absolute atomic E-state index is 12.6. The van der Waals surface area contributed by atoms with Crippen LogP contribution < -0.4 is 5.32 Å². The molecule has 124 valence electrons. The summed E-state index contributed by atoms with van der Waals surface area (Å²) in [6, 6.07) is 14.5. The molecular weight excluding hydrogens is 342 g/mol. The van der Waals surface area contributed by atoms with Gasteiger partial charge in [0.25, 0.3) is 5.91 Å². The summed E-state index contributed by atoms with van der Waals surface area (Å²) in [7, 11) is 0. The van der Waals surface area contributed by atoms with Crippen LogP contribution in [0.2, 0.25) is 5.02 Å². The Kier molecular flexibility index (Phi) is 3.74. The molecular formula is C18H12ClN3O3. The number of carbonyl (C=O) groups excluding carboxylic acids is 1. The summed E-state index contributed by atoms with van der Waals surface area (Å²) in [4.78, 5) is 12.6. The number of carbonyl (C=O) groups is 1. The fraction of sp³-hybridized carbons (Fsp3) is 0.0556. The molecule has 0 spiro atoms. The fourth-order valence-electron chi connectivity index (χ4n) is 2.63. The summed E-state index contributed by atoms with van der Waals surface area (Å²) in [6.45, 7) is 1.80. The maximum Gasteiger partial charge on any atom is 0.292 e. The van der Waals surface area contributed by atoms with Gasteiger partial charge >= 0.3 is 0 Å². The van der Waals surface area contributed by atoms with E-state index in [9.17, 15) is 4.79 Å². The van der Waals surface area contributed by atoms with Crippen LogP contribution in [-0.4, -0.2) is 16.2 Å². The van der Waals surface area contributed by atoms with Crippen LogP contribution in [0.1, 0.15) is 16.1 Å². The Hall–Kier alpha value is -3.12. The number of aryl methyl sites for hydroxylation is 1. The van der Waals surface area contributed by atoms with Crippen molar-refractivity contribution in [3.8, 4) is 11.3 Å². The Bertz CT molecular complexity index is 1070. The largest absolute Gasteiger partial charge is 0.451 e. The van der Waals surface area contributed by atoms with Crippen LogP contribution in [0.3, 0.4) is 0 Å². The van der Waals surface area contributed by atoms with Gasteiger partial charge in [0.15, 0.2) is 11.5 Å². The third-order valence-electron chi connectivity index (χ3n) is 3.87. The average Bonchev–Trinajstić information content (AvgIpc) is 3.21. The molecule has 1 N–H and O–H groups in total. The molecule has 2 aromatic carbocycles. The summed E-state index contributed by atoms with van der Waals surface area (Å²) in [6.07, 6.45) is 0. The Morgan fingerprint density at radius 1 is 1.12 bits per heavy atom. The van der Waals surface area contributed by atoms with Gasteiger partial charge in [0.2, 0.25) is 5.82 Å². The second kappa shape index (κ2) is 6.07. The van der Waals surface area contributed by atoms with E-state index in [2.05, 4.69) is 15.6 Å². The van der Waals surface area contributed by atoms with E-state index in [-0.39, 0.29) is 11.6 Å². The second-order valence-corrected chi connectivity index (χ2v) is 5.91. The fourth-order valence-corrected chi connectivity index (χ4v) is 2.80. The van der Waals surface area contributed by atoms with Gasteiger partial charge in [-0.25, -0.2) is 4.63 Å². The molecule has 7 heteroatoms. The molecule has 6 nitrogen and oxygen atoms in total. The van der Waals surface area contributed by atoms with E-state index >= 15 is 0 Å². The third kappa shape index (κ3) is 2.77. The SMILES string of the molecule is Cc1c(C(=O)Nc2nonc2-c2ccccc2)oc2ccc(Cl)cc12. The van der Waals surface area contributed by atoms with Gasteiger partial charge in [-0.1, -0.05) is 41.9 Å². The van der Waals surface area contributed by atoms with Crippen LogP contribution in [-0.2, 0) is 0 Å². The maximum atomic E-state index is 12.6. The number of anilines is 1. The highest BCUT2D eigenvalue weighted by atomic mass is 35.5. The highest BCUT2D eigenvalue weighted by Gasteiger charge is 2.21. The average molecular weight is 354 g/mol. The minimum absolute atomic E-state index is 0.194. The van der Waals surface area contributed by atoms with Crippen molar-refractivity contribution in [3.05, 3.63) is 64.9 Å². The normalized spacial score (nSPS) is 11.0. The van der Waals surface area contributed by atoms with E-state index in [1.807, 2.05) is 30.3 Å². The Balaban J connectivity index is 1.68. The van der Waals surface area contributed by atoms with Gasteiger partial charge in [-0.15, -0.1) is 0 Å². The third-order valence-corrected chi connectivity index (χ3v) is 4.11. The van der Waals surface area contributed by atoms with Crippen molar-refractivity contribution in [2.45, 2.75) is 6.92 Å². The molecule has 4 aromatic rings. The number of nitrogens with one attached hydrogen (secondary N) is 1. The number of furan rings is 1. The van der Waals surface area contributed by atoms with E-state index in [1.54, 1.807) is 25.1 Å². The molecule has 0 saturated carbocycles. The van der Waals surface area contributed by atoms with Crippen molar-refractivity contribution in [1.29, 1.82) is 0 Å². The molecule has 0 unspecified atom stereocenters. The number of amides is 1. The molecule has 0 bridgehead atoms. The van der Waals surface area contributed by atoms with Crippen molar-refractivity contribution < 1.29 is 13.8 Å². The van der Waals surface area contributed by atoms with Crippen molar-refractivity contribution >= 4 is 34.3 Å². The van der Waals surface area contributed by atoms with Gasteiger partial charge in [0.05, 0.1) is 0 Å². The number of nitrogens with zero attached hydrogens (tertiary/aromatic N) is 2. The first-order valence-electron chi connectivity index (χ1n) is 7.51. The summed E-state index contributed by atoms with van der Waals surface area (Å²) >= 11 is 6.01. The summed E-state index contributed by atoms with van der Waals surface area (Å²) in [5.74, 6) is -0.00827. The lowest BCUT2D eigenvalue weighted by Gasteiger charge is -2.01. The highest BCUT2D eigenvalue weighted by molar-refractivity contribution is 6.31. The van der Waals surface area contributed by atoms with E-state index in [0.717, 1.165) is 10.9 Å². The number of fused-ring (bicyclic) bond motifs is 1. The number of halogens is 1.